The van der Waals surface area contributed by atoms with Crippen LogP contribution in [-0.2, 0) is 16.4 Å². The highest BCUT2D eigenvalue weighted by atomic mass is 32.2. The Morgan fingerprint density at radius 3 is 2.84 bits per heavy atom. The number of rotatable bonds is 7. The van der Waals surface area contributed by atoms with Gasteiger partial charge in [-0.2, -0.15) is 4.98 Å². The van der Waals surface area contributed by atoms with Crippen molar-refractivity contribution in [3.63, 3.8) is 0 Å². The lowest BCUT2D eigenvalue weighted by Gasteiger charge is -2.09. The maximum Gasteiger partial charge on any atom is 0.240 e. The molecular weight excluding hydrogens is 362 g/mol. The first-order valence-electron chi connectivity index (χ1n) is 7.50. The Hall–Kier alpha value is -2.23. The highest BCUT2D eigenvalue weighted by molar-refractivity contribution is 7.89. The quantitative estimate of drug-likeness (QED) is 0.678. The molecule has 0 saturated heterocycles. The Bertz CT molecular complexity index is 950. The number of thiophene rings is 1. The molecule has 0 radical (unpaired) electrons. The number of benzene rings is 1. The van der Waals surface area contributed by atoms with Gasteiger partial charge in [-0.3, -0.25) is 0 Å². The van der Waals surface area contributed by atoms with E-state index in [1.165, 1.54) is 24.5 Å². The maximum absolute atomic E-state index is 12.4. The van der Waals surface area contributed by atoms with E-state index in [1.807, 2.05) is 17.5 Å². The lowest BCUT2D eigenvalue weighted by Crippen LogP contribution is -2.26. The predicted molar refractivity (Wildman–Crippen MR) is 94.2 cm³/mol. The van der Waals surface area contributed by atoms with Crippen molar-refractivity contribution in [1.82, 2.24) is 14.9 Å². The molecule has 0 amide bonds. The average molecular weight is 379 g/mol. The molecule has 2 heterocycles. The standard InChI is InChI=1S/C16H17N3O4S2/c1-11-10-12(22-2)5-6-14(11)25(20,21)17-8-7-15-18-16(19-23-15)13-4-3-9-24-13/h3-6,9-10,17H,7-8H2,1-2H3. The summed E-state index contributed by atoms with van der Waals surface area (Å²) in [4.78, 5) is 5.39. The summed E-state index contributed by atoms with van der Waals surface area (Å²) in [6.45, 7) is 1.89. The second-order valence-electron chi connectivity index (χ2n) is 5.27. The molecule has 3 aromatic rings. The summed E-state index contributed by atoms with van der Waals surface area (Å²) in [5.41, 5.74) is 0.615. The second kappa shape index (κ2) is 7.34. The van der Waals surface area contributed by atoms with Crippen molar-refractivity contribution in [2.45, 2.75) is 18.2 Å². The first-order chi connectivity index (χ1) is 12.0. The van der Waals surface area contributed by atoms with Crippen LogP contribution in [0, 0.1) is 6.92 Å². The van der Waals surface area contributed by atoms with Crippen LogP contribution in [0.2, 0.25) is 0 Å². The summed E-state index contributed by atoms with van der Waals surface area (Å²) in [7, 11) is -2.08. The van der Waals surface area contributed by atoms with Crippen molar-refractivity contribution < 1.29 is 17.7 Å². The van der Waals surface area contributed by atoms with Crippen LogP contribution in [0.3, 0.4) is 0 Å². The Morgan fingerprint density at radius 1 is 1.32 bits per heavy atom. The number of aromatic nitrogens is 2. The minimum absolute atomic E-state index is 0.167. The molecule has 0 aliphatic rings. The molecule has 0 aliphatic heterocycles. The molecule has 9 heteroatoms. The van der Waals surface area contributed by atoms with E-state index in [2.05, 4.69) is 14.9 Å². The van der Waals surface area contributed by atoms with Crippen molar-refractivity contribution in [2.75, 3.05) is 13.7 Å². The van der Waals surface area contributed by atoms with Crippen molar-refractivity contribution in [2.24, 2.45) is 0 Å². The number of nitrogens with one attached hydrogen (secondary N) is 1. The van der Waals surface area contributed by atoms with E-state index in [4.69, 9.17) is 9.26 Å². The van der Waals surface area contributed by atoms with Crippen LogP contribution in [0.5, 0.6) is 5.75 Å². The normalized spacial score (nSPS) is 11.6. The minimum atomic E-state index is -3.62. The van der Waals surface area contributed by atoms with E-state index in [9.17, 15) is 8.42 Å². The van der Waals surface area contributed by atoms with Gasteiger partial charge >= 0.3 is 0 Å². The number of aryl methyl sites for hydroxylation is 1. The van der Waals surface area contributed by atoms with Crippen molar-refractivity contribution >= 4 is 21.4 Å². The van der Waals surface area contributed by atoms with Crippen molar-refractivity contribution in [3.05, 3.63) is 47.2 Å². The van der Waals surface area contributed by atoms with Crippen molar-refractivity contribution in [1.29, 1.82) is 0 Å². The van der Waals surface area contributed by atoms with Crippen LogP contribution in [0.1, 0.15) is 11.5 Å². The zero-order valence-electron chi connectivity index (χ0n) is 13.7. The summed E-state index contributed by atoms with van der Waals surface area (Å²) in [6.07, 6.45) is 0.312. The smallest absolute Gasteiger partial charge is 0.240 e. The molecule has 0 atom stereocenters. The van der Waals surface area contributed by atoms with E-state index in [0.29, 0.717) is 29.4 Å². The van der Waals surface area contributed by atoms with Crippen LogP contribution in [0.15, 0.2) is 45.1 Å². The summed E-state index contributed by atoms with van der Waals surface area (Å²) in [5, 5.41) is 5.83. The maximum atomic E-state index is 12.4. The number of hydrogen-bond acceptors (Lipinski definition) is 7. The molecule has 0 aliphatic carbocycles. The molecular formula is C16H17N3O4S2. The van der Waals surface area contributed by atoms with Crippen LogP contribution in [0.4, 0.5) is 0 Å². The SMILES string of the molecule is COc1ccc(S(=O)(=O)NCCc2nc(-c3cccs3)no2)c(C)c1. The van der Waals surface area contributed by atoms with Gasteiger partial charge in [0.1, 0.15) is 5.75 Å². The first kappa shape index (κ1) is 17.6. The van der Waals surface area contributed by atoms with Gasteiger partial charge in [0.05, 0.1) is 16.9 Å². The minimum Gasteiger partial charge on any atom is -0.497 e. The van der Waals surface area contributed by atoms with E-state index < -0.39 is 10.0 Å². The first-order valence-corrected chi connectivity index (χ1v) is 9.86. The third kappa shape index (κ3) is 4.06. The lowest BCUT2D eigenvalue weighted by molar-refractivity contribution is 0.379. The van der Waals surface area contributed by atoms with Gasteiger partial charge in [-0.25, -0.2) is 13.1 Å². The van der Waals surface area contributed by atoms with Crippen LogP contribution >= 0.6 is 11.3 Å². The summed E-state index contributed by atoms with van der Waals surface area (Å²) < 4.78 is 37.6. The monoisotopic (exact) mass is 379 g/mol. The lowest BCUT2D eigenvalue weighted by atomic mass is 10.2. The Morgan fingerprint density at radius 2 is 2.16 bits per heavy atom. The molecule has 0 spiro atoms. The molecule has 0 fully saturated rings. The molecule has 132 valence electrons. The highest BCUT2D eigenvalue weighted by Crippen LogP contribution is 2.22. The second-order valence-corrected chi connectivity index (χ2v) is 7.95. The molecule has 0 bridgehead atoms. The molecule has 1 aromatic carbocycles. The topological polar surface area (TPSA) is 94.3 Å². The van der Waals surface area contributed by atoms with E-state index in [0.717, 1.165) is 4.88 Å². The zero-order chi connectivity index (χ0) is 17.9. The predicted octanol–water partition coefficient (Wildman–Crippen LogP) is 2.64. The summed E-state index contributed by atoms with van der Waals surface area (Å²) >= 11 is 1.51. The van der Waals surface area contributed by atoms with Crippen molar-refractivity contribution in [3.8, 4) is 16.5 Å². The molecule has 0 saturated carbocycles. The number of hydrogen-bond donors (Lipinski definition) is 1. The number of methoxy groups -OCH3 is 1. The van der Waals surface area contributed by atoms with Gasteiger partial charge in [-0.05, 0) is 42.1 Å². The van der Waals surface area contributed by atoms with Gasteiger partial charge in [0.15, 0.2) is 0 Å². The highest BCUT2D eigenvalue weighted by Gasteiger charge is 2.17. The Labute approximate surface area is 149 Å². The van der Waals surface area contributed by atoms with Gasteiger partial charge in [0.25, 0.3) is 0 Å². The van der Waals surface area contributed by atoms with Crippen LogP contribution in [-0.4, -0.2) is 32.2 Å². The van der Waals surface area contributed by atoms with E-state index >= 15 is 0 Å². The fraction of sp³-hybridized carbons (Fsp3) is 0.250. The molecule has 25 heavy (non-hydrogen) atoms. The van der Waals surface area contributed by atoms with Gasteiger partial charge in [-0.1, -0.05) is 11.2 Å². The summed E-state index contributed by atoms with van der Waals surface area (Å²) in [5.74, 6) is 1.51. The van der Waals surface area contributed by atoms with Gasteiger partial charge < -0.3 is 9.26 Å². The van der Waals surface area contributed by atoms with Gasteiger partial charge in [-0.15, -0.1) is 11.3 Å². The fourth-order valence-electron chi connectivity index (χ4n) is 2.28. The number of ether oxygens (including phenoxy) is 1. The third-order valence-corrected chi connectivity index (χ3v) is 6.00. The fourth-order valence-corrected chi connectivity index (χ4v) is 4.19. The molecule has 0 unspecified atom stereocenters. The van der Waals surface area contributed by atoms with Gasteiger partial charge in [0, 0.05) is 13.0 Å². The largest absolute Gasteiger partial charge is 0.497 e. The Balaban J connectivity index is 1.63. The molecule has 3 rings (SSSR count). The number of sulfonamides is 1. The van der Waals surface area contributed by atoms with E-state index in [1.54, 1.807) is 19.1 Å². The Kier molecular flexibility index (Phi) is 5.16. The molecule has 7 nitrogen and oxygen atoms in total. The molecule has 2 aromatic heterocycles. The van der Waals surface area contributed by atoms with E-state index in [-0.39, 0.29) is 11.4 Å². The molecule has 1 N–H and O–H groups in total. The summed E-state index contributed by atoms with van der Waals surface area (Å²) in [6, 6.07) is 8.63. The zero-order valence-corrected chi connectivity index (χ0v) is 15.4. The third-order valence-electron chi connectivity index (χ3n) is 3.51. The van der Waals surface area contributed by atoms with Gasteiger partial charge in [0.2, 0.25) is 21.7 Å². The number of nitrogens with zero attached hydrogens (tertiary/aromatic N) is 2. The average Bonchev–Trinajstić information content (AvgIpc) is 3.25. The van der Waals surface area contributed by atoms with Crippen LogP contribution in [0.25, 0.3) is 10.7 Å². The van der Waals surface area contributed by atoms with Crippen LogP contribution < -0.4 is 9.46 Å².